The number of hydrogen-bond acceptors (Lipinski definition) is 7. The van der Waals surface area contributed by atoms with Crippen molar-refractivity contribution < 1.29 is 26.4 Å². The molecule has 0 saturated carbocycles. The average molecular weight is 485 g/mol. The number of carbonyl (C=O) groups excluding carboxylic acids is 1. The van der Waals surface area contributed by atoms with Crippen LogP contribution in [0.25, 0.3) is 0 Å². The minimum Gasteiger partial charge on any atom is -0.462 e. The molecule has 2 heterocycles. The summed E-state index contributed by atoms with van der Waals surface area (Å²) in [5.74, 6) is -0.813. The van der Waals surface area contributed by atoms with Crippen LogP contribution in [0.3, 0.4) is 0 Å². The molecule has 10 nitrogen and oxygen atoms in total. The van der Waals surface area contributed by atoms with Crippen LogP contribution in [0.1, 0.15) is 54.2 Å². The number of sulfonamides is 2. The molecule has 0 unspecified atom stereocenters. The predicted octanol–water partition coefficient (Wildman–Crippen LogP) is 2.57. The highest BCUT2D eigenvalue weighted by atomic mass is 32.2. The summed E-state index contributed by atoms with van der Waals surface area (Å²) >= 11 is 0. The largest absolute Gasteiger partial charge is 0.462 e. The lowest BCUT2D eigenvalue weighted by Crippen LogP contribution is -2.32. The Bertz CT molecular complexity index is 1200. The number of nitrogens with zero attached hydrogens (tertiary/aromatic N) is 2. The van der Waals surface area contributed by atoms with Gasteiger partial charge in [-0.15, -0.1) is 0 Å². The summed E-state index contributed by atoms with van der Waals surface area (Å²) in [5, 5.41) is 5.74. The molecule has 0 bridgehead atoms. The van der Waals surface area contributed by atoms with E-state index in [1.54, 1.807) is 19.9 Å². The molecule has 2 aromatic rings. The van der Waals surface area contributed by atoms with Gasteiger partial charge in [0.05, 0.1) is 17.2 Å². The minimum atomic E-state index is -4.29. The van der Waals surface area contributed by atoms with Gasteiger partial charge in [0.25, 0.3) is 10.0 Å². The maximum atomic E-state index is 13.2. The van der Waals surface area contributed by atoms with Gasteiger partial charge in [0.15, 0.2) is 0 Å². The summed E-state index contributed by atoms with van der Waals surface area (Å²) in [6, 6.07) is 4.32. The van der Waals surface area contributed by atoms with Crippen molar-refractivity contribution in [2.24, 2.45) is 0 Å². The van der Waals surface area contributed by atoms with Crippen LogP contribution in [-0.2, 0) is 24.8 Å². The molecule has 32 heavy (non-hydrogen) atoms. The number of rotatable bonds is 7. The summed E-state index contributed by atoms with van der Waals surface area (Å²) in [4.78, 5) is 12.3. The Kier molecular flexibility index (Phi) is 7.25. The Labute approximate surface area is 188 Å². The Hall–Kier alpha value is -2.44. The number of aryl methyl sites for hydroxylation is 2. The van der Waals surface area contributed by atoms with E-state index < -0.39 is 31.0 Å². The van der Waals surface area contributed by atoms with Crippen LogP contribution in [0.15, 0.2) is 28.1 Å². The number of anilines is 1. The lowest BCUT2D eigenvalue weighted by molar-refractivity contribution is 0.0521. The van der Waals surface area contributed by atoms with Crippen LogP contribution in [0.4, 0.5) is 5.69 Å². The number of aromatic nitrogens is 2. The van der Waals surface area contributed by atoms with Crippen molar-refractivity contribution in [2.45, 2.75) is 56.4 Å². The standard InChI is InChI=1S/C20H28N4O6S2/c1-4-30-20(25)18-15(3)21-22-19(18)31(26,27)23-16-10-9-14(2)17(13-16)32(28,29)24-11-7-5-6-8-12-24/h9-10,13,23H,4-8,11-12H2,1-3H3,(H,21,22). The molecule has 2 N–H and O–H groups in total. The van der Waals surface area contributed by atoms with Crippen molar-refractivity contribution in [3.05, 3.63) is 35.0 Å². The first-order valence-electron chi connectivity index (χ1n) is 10.4. The highest BCUT2D eigenvalue weighted by Gasteiger charge is 2.31. The molecule has 1 aromatic heterocycles. The quantitative estimate of drug-likeness (QED) is 0.576. The van der Waals surface area contributed by atoms with Gasteiger partial charge in [-0.05, 0) is 51.3 Å². The van der Waals surface area contributed by atoms with Crippen LogP contribution in [0.2, 0.25) is 0 Å². The molecule has 1 aliphatic heterocycles. The molecule has 0 amide bonds. The second-order valence-electron chi connectivity index (χ2n) is 7.65. The molecule has 12 heteroatoms. The van der Waals surface area contributed by atoms with Gasteiger partial charge in [-0.3, -0.25) is 9.82 Å². The number of ether oxygens (including phenoxy) is 1. The number of esters is 1. The Balaban J connectivity index is 1.95. The predicted molar refractivity (Wildman–Crippen MR) is 118 cm³/mol. The molecule has 1 fully saturated rings. The van der Waals surface area contributed by atoms with Gasteiger partial charge in [-0.25, -0.2) is 13.2 Å². The Morgan fingerprint density at radius 2 is 1.78 bits per heavy atom. The lowest BCUT2D eigenvalue weighted by Gasteiger charge is -2.21. The topological polar surface area (TPSA) is 139 Å². The zero-order valence-corrected chi connectivity index (χ0v) is 20.0. The maximum absolute atomic E-state index is 13.2. The number of carbonyl (C=O) groups is 1. The van der Waals surface area contributed by atoms with Gasteiger partial charge < -0.3 is 4.74 Å². The third-order valence-electron chi connectivity index (χ3n) is 5.27. The molecule has 0 atom stereocenters. The zero-order chi connectivity index (χ0) is 23.5. The van der Waals surface area contributed by atoms with Gasteiger partial charge >= 0.3 is 5.97 Å². The van der Waals surface area contributed by atoms with E-state index in [0.29, 0.717) is 18.7 Å². The van der Waals surface area contributed by atoms with E-state index in [9.17, 15) is 21.6 Å². The van der Waals surface area contributed by atoms with Gasteiger partial charge in [0.1, 0.15) is 5.56 Å². The fourth-order valence-electron chi connectivity index (χ4n) is 3.61. The van der Waals surface area contributed by atoms with Crippen molar-refractivity contribution >= 4 is 31.7 Å². The molecule has 176 valence electrons. The fourth-order valence-corrected chi connectivity index (χ4v) is 6.58. The highest BCUT2D eigenvalue weighted by Crippen LogP contribution is 2.27. The van der Waals surface area contributed by atoms with Gasteiger partial charge in [0, 0.05) is 18.8 Å². The minimum absolute atomic E-state index is 0.0448. The SMILES string of the molecule is CCOC(=O)c1c(S(=O)(=O)Nc2ccc(C)c(S(=O)(=O)N3CCCCCC3)c2)n[nH]c1C. The molecular formula is C20H28N4O6S2. The third kappa shape index (κ3) is 4.97. The fraction of sp³-hybridized carbons (Fsp3) is 0.500. The zero-order valence-electron chi connectivity index (χ0n) is 18.3. The van der Waals surface area contributed by atoms with Crippen molar-refractivity contribution in [1.82, 2.24) is 14.5 Å². The number of aromatic amines is 1. The van der Waals surface area contributed by atoms with Crippen LogP contribution in [-0.4, -0.2) is 57.0 Å². The third-order valence-corrected chi connectivity index (χ3v) is 8.62. The Morgan fingerprint density at radius 3 is 2.41 bits per heavy atom. The van der Waals surface area contributed by atoms with Crippen molar-refractivity contribution in [3.8, 4) is 0 Å². The van der Waals surface area contributed by atoms with Crippen LogP contribution in [0, 0.1) is 13.8 Å². The molecule has 1 saturated heterocycles. The van der Waals surface area contributed by atoms with Gasteiger partial charge in [-0.2, -0.15) is 17.8 Å². The van der Waals surface area contributed by atoms with Crippen LogP contribution >= 0.6 is 0 Å². The van der Waals surface area contributed by atoms with E-state index in [4.69, 9.17) is 4.74 Å². The molecule has 0 aliphatic carbocycles. The van der Waals surface area contributed by atoms with E-state index in [2.05, 4.69) is 14.9 Å². The van der Waals surface area contributed by atoms with Crippen molar-refractivity contribution in [1.29, 1.82) is 0 Å². The first-order chi connectivity index (χ1) is 15.1. The van der Waals surface area contributed by atoms with E-state index in [1.807, 2.05) is 0 Å². The lowest BCUT2D eigenvalue weighted by atomic mass is 10.2. The van der Waals surface area contributed by atoms with Crippen LogP contribution < -0.4 is 4.72 Å². The number of H-pyrrole nitrogens is 1. The van der Waals surface area contributed by atoms with E-state index in [0.717, 1.165) is 25.7 Å². The van der Waals surface area contributed by atoms with E-state index in [1.165, 1.54) is 23.4 Å². The van der Waals surface area contributed by atoms with Crippen molar-refractivity contribution in [3.63, 3.8) is 0 Å². The molecule has 3 rings (SSSR count). The summed E-state index contributed by atoms with van der Waals surface area (Å²) in [6.07, 6.45) is 3.55. The summed E-state index contributed by atoms with van der Waals surface area (Å²) in [6.45, 7) is 5.74. The number of nitrogens with one attached hydrogen (secondary N) is 2. The normalized spacial score (nSPS) is 15.8. The highest BCUT2D eigenvalue weighted by molar-refractivity contribution is 7.92. The number of benzene rings is 1. The van der Waals surface area contributed by atoms with E-state index in [-0.39, 0.29) is 28.4 Å². The molecular weight excluding hydrogens is 456 g/mol. The molecule has 0 spiro atoms. The average Bonchev–Trinajstić information content (AvgIpc) is 2.94. The monoisotopic (exact) mass is 484 g/mol. The van der Waals surface area contributed by atoms with Crippen molar-refractivity contribution in [2.75, 3.05) is 24.4 Å². The van der Waals surface area contributed by atoms with Gasteiger partial charge in [0.2, 0.25) is 15.0 Å². The molecule has 1 aliphatic rings. The number of hydrogen-bond donors (Lipinski definition) is 2. The first kappa shape index (κ1) is 24.2. The second kappa shape index (κ2) is 9.59. The maximum Gasteiger partial charge on any atom is 0.343 e. The summed E-state index contributed by atoms with van der Waals surface area (Å²) < 4.78 is 61.2. The molecule has 1 aromatic carbocycles. The smallest absolute Gasteiger partial charge is 0.343 e. The second-order valence-corrected chi connectivity index (χ2v) is 11.2. The van der Waals surface area contributed by atoms with Crippen LogP contribution in [0.5, 0.6) is 0 Å². The molecule has 0 radical (unpaired) electrons. The Morgan fingerprint density at radius 1 is 1.12 bits per heavy atom. The van der Waals surface area contributed by atoms with E-state index >= 15 is 0 Å². The summed E-state index contributed by atoms with van der Waals surface area (Å²) in [7, 11) is -8.07. The summed E-state index contributed by atoms with van der Waals surface area (Å²) in [5.41, 5.74) is 0.625. The van der Waals surface area contributed by atoms with Gasteiger partial charge in [-0.1, -0.05) is 18.9 Å². The first-order valence-corrected chi connectivity index (χ1v) is 13.4.